The maximum Gasteiger partial charge on any atom is 0.349 e. The summed E-state index contributed by atoms with van der Waals surface area (Å²) in [6.45, 7) is 3.72. The number of nitrogen functional groups attached to an aromatic ring is 1. The van der Waals surface area contributed by atoms with E-state index in [-0.39, 0.29) is 5.78 Å². The number of hydrogen-bond acceptors (Lipinski definition) is 4. The fraction of sp³-hybridized carbons (Fsp3) is 0.200. The Morgan fingerprint density at radius 1 is 1.29 bits per heavy atom. The first-order valence-corrected chi connectivity index (χ1v) is 7.08. The fourth-order valence-corrected chi connectivity index (χ4v) is 2.36. The second-order valence-electron chi connectivity index (χ2n) is 4.66. The van der Waals surface area contributed by atoms with E-state index in [1.165, 1.54) is 4.68 Å². The Morgan fingerprint density at radius 3 is 2.52 bits per heavy atom. The lowest BCUT2D eigenvalue weighted by Crippen LogP contribution is -2.19. The van der Waals surface area contributed by atoms with Crippen LogP contribution in [0.3, 0.4) is 0 Å². The Morgan fingerprint density at radius 2 is 2.00 bits per heavy atom. The zero-order chi connectivity index (χ0) is 15.6. The predicted octanol–water partition coefficient (Wildman–Crippen LogP) is 2.77. The molecular formula is C15H15BrN2O3. The Labute approximate surface area is 131 Å². The second kappa shape index (κ2) is 6.13. The van der Waals surface area contributed by atoms with E-state index in [1.54, 1.807) is 31.2 Å². The summed E-state index contributed by atoms with van der Waals surface area (Å²) in [7, 11) is 0. The fourth-order valence-electron chi connectivity index (χ4n) is 2.19. The van der Waals surface area contributed by atoms with Crippen molar-refractivity contribution in [2.75, 3.05) is 5.84 Å². The monoisotopic (exact) mass is 350 g/mol. The summed E-state index contributed by atoms with van der Waals surface area (Å²) in [6, 6.07) is 8.35. The third-order valence-electron chi connectivity index (χ3n) is 3.38. The summed E-state index contributed by atoms with van der Waals surface area (Å²) < 4.78 is 5.90. The molecular weight excluding hydrogens is 336 g/mol. The number of rotatable bonds is 4. The van der Waals surface area contributed by atoms with Gasteiger partial charge in [0, 0.05) is 11.3 Å². The minimum absolute atomic E-state index is 0.181. The molecule has 0 bridgehead atoms. The summed E-state index contributed by atoms with van der Waals surface area (Å²) in [5.41, 5.74) is 2.85. The van der Waals surface area contributed by atoms with Crippen LogP contribution in [0.25, 0.3) is 0 Å². The van der Waals surface area contributed by atoms with Gasteiger partial charge in [0.25, 0.3) is 0 Å². The quantitative estimate of drug-likeness (QED) is 0.679. The summed E-state index contributed by atoms with van der Waals surface area (Å²) in [6.07, 6.45) is 0.749. The molecule has 1 aromatic heterocycles. The Hall–Kier alpha value is -2.08. The summed E-state index contributed by atoms with van der Waals surface area (Å²) in [5.74, 6) is 5.23. The van der Waals surface area contributed by atoms with Gasteiger partial charge in [-0.3, -0.25) is 9.47 Å². The molecule has 110 valence electrons. The molecule has 2 aromatic rings. The van der Waals surface area contributed by atoms with Gasteiger partial charge in [-0.25, -0.2) is 4.79 Å². The number of carbonyl (C=O) groups is 2. The first kappa shape index (κ1) is 15.3. The van der Waals surface area contributed by atoms with Crippen LogP contribution in [0.1, 0.15) is 44.6 Å². The third-order valence-corrected chi connectivity index (χ3v) is 3.67. The molecule has 0 saturated carbocycles. The van der Waals surface area contributed by atoms with Gasteiger partial charge >= 0.3 is 5.97 Å². The van der Waals surface area contributed by atoms with Crippen molar-refractivity contribution in [2.24, 2.45) is 0 Å². The van der Waals surface area contributed by atoms with Crippen molar-refractivity contribution in [3.05, 3.63) is 58.4 Å². The first-order chi connectivity index (χ1) is 9.99. The summed E-state index contributed by atoms with van der Waals surface area (Å²) in [5, 5.41) is 0. The van der Waals surface area contributed by atoms with Crippen LogP contribution in [0.15, 0.2) is 30.3 Å². The SMILES string of the molecule is CCc1ccc(C(=O)c2ccc(C(=O)OBr)c(C)c2)n1N. The number of carbonyl (C=O) groups excluding carboxylic acids is 2. The molecule has 2 N–H and O–H groups in total. The van der Waals surface area contributed by atoms with Crippen LogP contribution < -0.4 is 5.84 Å². The highest BCUT2D eigenvalue weighted by Gasteiger charge is 2.17. The molecule has 2 rings (SSSR count). The van der Waals surface area contributed by atoms with E-state index in [2.05, 4.69) is 20.1 Å². The van der Waals surface area contributed by atoms with Gasteiger partial charge in [0.1, 0.15) is 5.69 Å². The number of hydrogen-bond donors (Lipinski definition) is 1. The van der Waals surface area contributed by atoms with Crippen molar-refractivity contribution in [3.63, 3.8) is 0 Å². The molecule has 0 saturated heterocycles. The van der Waals surface area contributed by atoms with Crippen LogP contribution in [0.4, 0.5) is 0 Å². The van der Waals surface area contributed by atoms with Gasteiger partial charge in [0.2, 0.25) is 5.78 Å². The average Bonchev–Trinajstić information content (AvgIpc) is 2.86. The Balaban J connectivity index is 2.38. The second-order valence-corrected chi connectivity index (χ2v) is 4.98. The van der Waals surface area contributed by atoms with Crippen molar-refractivity contribution in [1.82, 2.24) is 4.68 Å². The zero-order valence-corrected chi connectivity index (χ0v) is 13.3. The lowest BCUT2D eigenvalue weighted by Gasteiger charge is -2.08. The van der Waals surface area contributed by atoms with Crippen LogP contribution in [0.5, 0.6) is 0 Å². The predicted molar refractivity (Wildman–Crippen MR) is 82.9 cm³/mol. The van der Waals surface area contributed by atoms with Gasteiger partial charge in [0.15, 0.2) is 16.3 Å². The first-order valence-electron chi connectivity index (χ1n) is 6.43. The average molecular weight is 351 g/mol. The molecule has 0 radical (unpaired) electrons. The number of nitrogens with two attached hydrogens (primary N) is 1. The molecule has 1 heterocycles. The van der Waals surface area contributed by atoms with E-state index in [4.69, 9.17) is 5.84 Å². The minimum atomic E-state index is -0.498. The molecule has 21 heavy (non-hydrogen) atoms. The molecule has 0 unspecified atom stereocenters. The smallest absolute Gasteiger partial charge is 0.349 e. The molecule has 6 heteroatoms. The van der Waals surface area contributed by atoms with Crippen molar-refractivity contribution >= 4 is 28.0 Å². The number of aromatic nitrogens is 1. The molecule has 0 amide bonds. The van der Waals surface area contributed by atoms with E-state index >= 15 is 0 Å². The largest absolute Gasteiger partial charge is 0.380 e. The van der Waals surface area contributed by atoms with Gasteiger partial charge < -0.3 is 9.67 Å². The zero-order valence-electron chi connectivity index (χ0n) is 11.7. The number of nitrogens with zero attached hydrogens (tertiary/aromatic N) is 1. The highest BCUT2D eigenvalue weighted by Crippen LogP contribution is 2.17. The molecule has 0 aliphatic heterocycles. The lowest BCUT2D eigenvalue weighted by atomic mass is 10.0. The highest BCUT2D eigenvalue weighted by atomic mass is 79.9. The van der Waals surface area contributed by atoms with Gasteiger partial charge in [-0.1, -0.05) is 13.0 Å². The molecule has 0 atom stereocenters. The molecule has 0 spiro atoms. The van der Waals surface area contributed by atoms with Gasteiger partial charge in [-0.2, -0.15) is 0 Å². The maximum atomic E-state index is 12.5. The highest BCUT2D eigenvalue weighted by molar-refractivity contribution is 9.06. The van der Waals surface area contributed by atoms with E-state index < -0.39 is 5.97 Å². The molecule has 1 aromatic carbocycles. The number of ketones is 1. The van der Waals surface area contributed by atoms with Crippen molar-refractivity contribution in [2.45, 2.75) is 20.3 Å². The van der Waals surface area contributed by atoms with Crippen molar-refractivity contribution in [3.8, 4) is 0 Å². The van der Waals surface area contributed by atoms with Crippen LogP contribution >= 0.6 is 16.3 Å². The lowest BCUT2D eigenvalue weighted by molar-refractivity contribution is 0.0780. The van der Waals surface area contributed by atoms with E-state index in [0.29, 0.717) is 22.4 Å². The standard InChI is InChI=1S/C15H15BrN2O3/c1-3-11-5-7-13(18(11)17)14(19)10-4-6-12(9(2)8-10)15(20)21-16/h4-8H,3,17H2,1-2H3. The minimum Gasteiger partial charge on any atom is -0.380 e. The van der Waals surface area contributed by atoms with Gasteiger partial charge in [-0.05, 0) is 43.2 Å². The third kappa shape index (κ3) is 2.85. The van der Waals surface area contributed by atoms with Gasteiger partial charge in [0.05, 0.1) is 5.56 Å². The van der Waals surface area contributed by atoms with Crippen LogP contribution in [0, 0.1) is 6.92 Å². The summed E-state index contributed by atoms with van der Waals surface area (Å²) in [4.78, 5) is 24.0. The van der Waals surface area contributed by atoms with Crippen LogP contribution in [0.2, 0.25) is 0 Å². The van der Waals surface area contributed by atoms with Crippen LogP contribution in [-0.4, -0.2) is 16.4 Å². The summed E-state index contributed by atoms with van der Waals surface area (Å²) >= 11 is 2.65. The van der Waals surface area contributed by atoms with Crippen molar-refractivity contribution in [1.29, 1.82) is 0 Å². The molecule has 0 aliphatic rings. The van der Waals surface area contributed by atoms with E-state index in [1.807, 2.05) is 13.0 Å². The van der Waals surface area contributed by atoms with Gasteiger partial charge in [-0.15, -0.1) is 0 Å². The molecule has 5 nitrogen and oxygen atoms in total. The Bertz CT molecular complexity index is 707. The topological polar surface area (TPSA) is 74.3 Å². The number of aryl methyl sites for hydroxylation is 2. The van der Waals surface area contributed by atoms with E-state index in [0.717, 1.165) is 12.1 Å². The van der Waals surface area contributed by atoms with Crippen LogP contribution in [-0.2, 0) is 10.2 Å². The number of halogens is 1. The normalized spacial score (nSPS) is 10.4. The number of benzene rings is 1. The van der Waals surface area contributed by atoms with E-state index in [9.17, 15) is 9.59 Å². The molecule has 0 aliphatic carbocycles. The maximum absolute atomic E-state index is 12.5. The Kier molecular flexibility index (Phi) is 4.47. The molecule has 0 fully saturated rings. The van der Waals surface area contributed by atoms with Crippen molar-refractivity contribution < 1.29 is 13.4 Å².